The molecule has 1 aliphatic carbocycles. The standard InChI is InChI=1S/C37H49N3O5S/c1-6-7-24-40(45-35-23-19-28(18-16-26(2)3)25-30(35)20-17-27(4)5)36(41)32-22-21-29-12-8-9-13-31(29)37(32,42)46(43,44)39-34-15-11-10-14-33(34)38/h8-15,19,22-23,25-27,39,42H,6-7,16-18,20-21,24,38H2,1-5H3. The number of nitrogen functional groups attached to an aromatic ring is 1. The van der Waals surface area contributed by atoms with E-state index in [0.29, 0.717) is 29.6 Å². The number of benzene rings is 3. The molecule has 8 nitrogen and oxygen atoms in total. The number of rotatable bonds is 15. The van der Waals surface area contributed by atoms with Crippen molar-refractivity contribution < 1.29 is 23.2 Å². The van der Waals surface area contributed by atoms with E-state index in [9.17, 15) is 18.3 Å². The van der Waals surface area contributed by atoms with Crippen LogP contribution in [0.25, 0.3) is 0 Å². The summed E-state index contributed by atoms with van der Waals surface area (Å²) in [5, 5.41) is 13.6. The Morgan fingerprint density at radius 2 is 1.67 bits per heavy atom. The number of hydrogen-bond acceptors (Lipinski definition) is 6. The molecule has 0 saturated carbocycles. The second-order valence-electron chi connectivity index (χ2n) is 13.0. The number of carbonyl (C=O) groups is 1. The number of sulfonamides is 1. The molecule has 248 valence electrons. The molecule has 0 aliphatic heterocycles. The first kappa shape index (κ1) is 35.0. The second kappa shape index (κ2) is 15.2. The number of fused-ring (bicyclic) bond motifs is 1. The molecule has 1 atom stereocenters. The van der Waals surface area contributed by atoms with E-state index in [-0.39, 0.29) is 35.5 Å². The zero-order chi connectivity index (χ0) is 33.5. The first-order valence-corrected chi connectivity index (χ1v) is 17.9. The molecule has 0 spiro atoms. The number of aliphatic hydroxyl groups is 1. The zero-order valence-electron chi connectivity index (χ0n) is 27.8. The van der Waals surface area contributed by atoms with Crippen LogP contribution in [0.15, 0.2) is 78.4 Å². The van der Waals surface area contributed by atoms with Crippen LogP contribution in [0.4, 0.5) is 11.4 Å². The van der Waals surface area contributed by atoms with Gasteiger partial charge in [0.05, 0.1) is 23.5 Å². The van der Waals surface area contributed by atoms with Crippen molar-refractivity contribution in [2.45, 2.75) is 84.5 Å². The molecule has 0 saturated heterocycles. The molecule has 4 N–H and O–H groups in total. The maximum Gasteiger partial charge on any atom is 0.286 e. The number of para-hydroxylation sites is 2. The smallest absolute Gasteiger partial charge is 0.286 e. The Labute approximate surface area is 274 Å². The second-order valence-corrected chi connectivity index (χ2v) is 14.8. The lowest BCUT2D eigenvalue weighted by Gasteiger charge is -2.36. The largest absolute Gasteiger partial charge is 0.397 e. The summed E-state index contributed by atoms with van der Waals surface area (Å²) in [6.07, 6.45) is 6.89. The number of nitrogens with one attached hydrogen (secondary N) is 1. The van der Waals surface area contributed by atoms with Crippen molar-refractivity contribution in [2.24, 2.45) is 11.8 Å². The van der Waals surface area contributed by atoms with Crippen LogP contribution in [0.2, 0.25) is 0 Å². The average molecular weight is 648 g/mol. The molecule has 0 fully saturated rings. The van der Waals surface area contributed by atoms with Gasteiger partial charge in [-0.15, -0.1) is 0 Å². The molecule has 46 heavy (non-hydrogen) atoms. The number of nitrogens with zero attached hydrogens (tertiary/aromatic N) is 1. The maximum absolute atomic E-state index is 14.5. The third kappa shape index (κ3) is 7.93. The van der Waals surface area contributed by atoms with Crippen LogP contribution in [-0.4, -0.2) is 31.0 Å². The van der Waals surface area contributed by atoms with Gasteiger partial charge in [0.15, 0.2) is 5.75 Å². The molecule has 9 heteroatoms. The Bertz CT molecular complexity index is 1650. The highest BCUT2D eigenvalue weighted by Crippen LogP contribution is 2.43. The van der Waals surface area contributed by atoms with Crippen molar-refractivity contribution >= 4 is 27.3 Å². The minimum Gasteiger partial charge on any atom is -0.397 e. The van der Waals surface area contributed by atoms with Gasteiger partial charge in [-0.2, -0.15) is 5.06 Å². The zero-order valence-corrected chi connectivity index (χ0v) is 28.6. The van der Waals surface area contributed by atoms with Crippen LogP contribution in [-0.2, 0) is 39.0 Å². The van der Waals surface area contributed by atoms with Gasteiger partial charge in [-0.25, -0.2) is 8.42 Å². The summed E-state index contributed by atoms with van der Waals surface area (Å²) in [6, 6.07) is 19.2. The molecule has 3 aromatic rings. The van der Waals surface area contributed by atoms with Gasteiger partial charge in [-0.05, 0) is 85.3 Å². The van der Waals surface area contributed by atoms with Crippen molar-refractivity contribution in [1.82, 2.24) is 5.06 Å². The summed E-state index contributed by atoms with van der Waals surface area (Å²) in [7, 11) is -4.68. The van der Waals surface area contributed by atoms with Crippen LogP contribution in [0.5, 0.6) is 5.75 Å². The molecule has 3 aromatic carbocycles. The van der Waals surface area contributed by atoms with E-state index >= 15 is 0 Å². The van der Waals surface area contributed by atoms with Crippen molar-refractivity contribution in [3.63, 3.8) is 0 Å². The molecular formula is C37H49N3O5S. The Kier molecular flexibility index (Phi) is 11.6. The number of unbranched alkanes of at least 4 members (excludes halogenated alkanes) is 1. The van der Waals surface area contributed by atoms with Gasteiger partial charge in [0.25, 0.3) is 15.9 Å². The molecule has 0 heterocycles. The highest BCUT2D eigenvalue weighted by molar-refractivity contribution is 7.93. The van der Waals surface area contributed by atoms with E-state index in [1.54, 1.807) is 42.5 Å². The van der Waals surface area contributed by atoms with Crippen molar-refractivity contribution in [3.05, 3.63) is 101 Å². The summed E-state index contributed by atoms with van der Waals surface area (Å²) < 4.78 is 30.8. The monoisotopic (exact) mass is 647 g/mol. The van der Waals surface area contributed by atoms with Crippen LogP contribution in [0.3, 0.4) is 0 Å². The number of aryl methyl sites for hydroxylation is 2. The summed E-state index contributed by atoms with van der Waals surface area (Å²) in [4.78, 5) is 18.2. The predicted molar refractivity (Wildman–Crippen MR) is 186 cm³/mol. The Hall–Kier alpha value is -3.82. The average Bonchev–Trinajstić information content (AvgIpc) is 3.02. The molecule has 0 bridgehead atoms. The third-order valence-corrected chi connectivity index (χ3v) is 10.1. The van der Waals surface area contributed by atoms with E-state index in [1.165, 1.54) is 22.8 Å². The lowest BCUT2D eigenvalue weighted by molar-refractivity contribution is -0.154. The topological polar surface area (TPSA) is 122 Å². The number of nitrogens with two attached hydrogens (primary N) is 1. The number of carbonyl (C=O) groups excluding carboxylic acids is 1. The fraction of sp³-hybridized carbons (Fsp3) is 0.432. The van der Waals surface area contributed by atoms with Crippen LogP contribution in [0, 0.1) is 11.8 Å². The first-order valence-electron chi connectivity index (χ1n) is 16.4. The summed E-state index contributed by atoms with van der Waals surface area (Å²) in [5.41, 5.74) is 8.99. The quantitative estimate of drug-likeness (QED) is 0.119. The van der Waals surface area contributed by atoms with E-state index in [1.807, 2.05) is 19.1 Å². The molecule has 1 unspecified atom stereocenters. The van der Waals surface area contributed by atoms with E-state index in [0.717, 1.165) is 37.7 Å². The van der Waals surface area contributed by atoms with Gasteiger partial charge in [-0.1, -0.05) is 95.6 Å². The minimum atomic E-state index is -4.68. The fourth-order valence-corrected chi connectivity index (χ4v) is 7.14. The summed E-state index contributed by atoms with van der Waals surface area (Å²) >= 11 is 0. The molecule has 4 rings (SSSR count). The SMILES string of the molecule is CCCCN(Oc1ccc(CCC(C)C)cc1CCC(C)C)C(=O)C1=CCc2ccccc2C1(O)S(=O)(=O)Nc1ccccc1N. The van der Waals surface area contributed by atoms with Gasteiger partial charge >= 0.3 is 0 Å². The van der Waals surface area contributed by atoms with Gasteiger partial charge in [0, 0.05) is 5.56 Å². The number of hydroxylamine groups is 2. The van der Waals surface area contributed by atoms with Crippen molar-refractivity contribution in [1.29, 1.82) is 0 Å². The van der Waals surface area contributed by atoms with Gasteiger partial charge in [0.1, 0.15) is 0 Å². The molecular weight excluding hydrogens is 598 g/mol. The van der Waals surface area contributed by atoms with Crippen LogP contribution < -0.4 is 15.3 Å². The van der Waals surface area contributed by atoms with Gasteiger partial charge < -0.3 is 15.7 Å². The van der Waals surface area contributed by atoms with E-state index in [4.69, 9.17) is 10.6 Å². The Morgan fingerprint density at radius 1 is 1.00 bits per heavy atom. The van der Waals surface area contributed by atoms with Crippen LogP contribution >= 0.6 is 0 Å². The number of amides is 1. The fourth-order valence-electron chi connectivity index (χ4n) is 5.57. The number of anilines is 2. The van der Waals surface area contributed by atoms with Crippen molar-refractivity contribution in [3.8, 4) is 5.75 Å². The molecule has 0 radical (unpaired) electrons. The normalized spacial score (nSPS) is 16.2. The molecule has 1 amide bonds. The third-order valence-electron chi connectivity index (χ3n) is 8.37. The Morgan fingerprint density at radius 3 is 2.37 bits per heavy atom. The minimum absolute atomic E-state index is 0.109. The van der Waals surface area contributed by atoms with E-state index in [2.05, 4.69) is 38.5 Å². The van der Waals surface area contributed by atoms with E-state index < -0.39 is 20.9 Å². The summed E-state index contributed by atoms with van der Waals surface area (Å²) in [5.74, 6) is 0.894. The van der Waals surface area contributed by atoms with Gasteiger partial charge in [0.2, 0.25) is 4.93 Å². The highest BCUT2D eigenvalue weighted by atomic mass is 32.2. The highest BCUT2D eigenvalue weighted by Gasteiger charge is 2.53. The molecule has 1 aliphatic rings. The summed E-state index contributed by atoms with van der Waals surface area (Å²) in [6.45, 7) is 11.0. The molecule has 0 aromatic heterocycles. The lowest BCUT2D eigenvalue weighted by Crippen LogP contribution is -2.50. The first-order chi connectivity index (χ1) is 21.9. The predicted octanol–water partition coefficient (Wildman–Crippen LogP) is 7.14. The Balaban J connectivity index is 1.75. The van der Waals surface area contributed by atoms with Crippen LogP contribution in [0.1, 0.15) is 82.6 Å². The van der Waals surface area contributed by atoms with Crippen molar-refractivity contribution in [2.75, 3.05) is 17.0 Å². The maximum atomic E-state index is 14.5. The lowest BCUT2D eigenvalue weighted by atomic mass is 9.88. The number of allylic oxidation sites excluding steroid dienone is 1. The number of hydrogen-bond donors (Lipinski definition) is 3. The van der Waals surface area contributed by atoms with Gasteiger partial charge in [-0.3, -0.25) is 9.52 Å².